The highest BCUT2D eigenvalue weighted by Crippen LogP contribution is 2.26. The van der Waals surface area contributed by atoms with Crippen LogP contribution in [0.15, 0.2) is 42.5 Å². The fourth-order valence-electron chi connectivity index (χ4n) is 3.56. The van der Waals surface area contributed by atoms with Gasteiger partial charge in [0.05, 0.1) is 32.0 Å². The van der Waals surface area contributed by atoms with Crippen molar-refractivity contribution in [3.8, 4) is 17.2 Å². The standard InChI is InChI=1S/C24H29N3O3/c1-16-9-7-8-10-22(16)27-18(3)21(17(2)25-27)15-26(4)24(28)13-19-11-12-20(29-5)14-23(19)30-6/h7-12,14H,13,15H2,1-6H3. The summed E-state index contributed by atoms with van der Waals surface area (Å²) in [7, 11) is 5.02. The maximum absolute atomic E-state index is 12.9. The van der Waals surface area contributed by atoms with Gasteiger partial charge in [-0.25, -0.2) is 4.68 Å². The third-order valence-electron chi connectivity index (χ3n) is 5.44. The summed E-state index contributed by atoms with van der Waals surface area (Å²) in [6, 6.07) is 13.7. The number of aryl methyl sites for hydroxylation is 2. The average Bonchev–Trinajstić information content (AvgIpc) is 3.02. The van der Waals surface area contributed by atoms with Crippen molar-refractivity contribution in [2.24, 2.45) is 0 Å². The largest absolute Gasteiger partial charge is 0.497 e. The fraction of sp³-hybridized carbons (Fsp3) is 0.333. The van der Waals surface area contributed by atoms with E-state index in [4.69, 9.17) is 14.6 Å². The van der Waals surface area contributed by atoms with Gasteiger partial charge < -0.3 is 14.4 Å². The zero-order valence-electron chi connectivity index (χ0n) is 18.5. The zero-order valence-corrected chi connectivity index (χ0v) is 18.5. The van der Waals surface area contributed by atoms with Crippen LogP contribution in [0.1, 0.15) is 28.1 Å². The number of hydrogen-bond acceptors (Lipinski definition) is 4. The molecule has 158 valence electrons. The van der Waals surface area contributed by atoms with E-state index in [1.54, 1.807) is 25.2 Å². The molecule has 0 unspecified atom stereocenters. The lowest BCUT2D eigenvalue weighted by atomic mass is 10.1. The molecule has 6 heteroatoms. The first-order chi connectivity index (χ1) is 14.3. The van der Waals surface area contributed by atoms with Crippen molar-refractivity contribution < 1.29 is 14.3 Å². The maximum Gasteiger partial charge on any atom is 0.227 e. The number of rotatable bonds is 7. The zero-order chi connectivity index (χ0) is 21.8. The van der Waals surface area contributed by atoms with Crippen LogP contribution in [0.4, 0.5) is 0 Å². The van der Waals surface area contributed by atoms with E-state index in [-0.39, 0.29) is 12.3 Å². The second-order valence-corrected chi connectivity index (χ2v) is 7.45. The number of carbonyl (C=O) groups is 1. The molecule has 0 aliphatic heterocycles. The van der Waals surface area contributed by atoms with Crippen LogP contribution >= 0.6 is 0 Å². The Hall–Kier alpha value is -3.28. The van der Waals surface area contributed by atoms with Crippen molar-refractivity contribution in [1.29, 1.82) is 0 Å². The lowest BCUT2D eigenvalue weighted by Gasteiger charge is -2.19. The van der Waals surface area contributed by atoms with Crippen LogP contribution in [0, 0.1) is 20.8 Å². The Balaban J connectivity index is 1.79. The smallest absolute Gasteiger partial charge is 0.227 e. The van der Waals surface area contributed by atoms with Crippen LogP contribution in [0.5, 0.6) is 11.5 Å². The van der Waals surface area contributed by atoms with Crippen LogP contribution in [-0.4, -0.2) is 41.9 Å². The minimum absolute atomic E-state index is 0.0147. The predicted molar refractivity (Wildman–Crippen MR) is 117 cm³/mol. The van der Waals surface area contributed by atoms with E-state index in [1.165, 1.54) is 0 Å². The number of hydrogen-bond donors (Lipinski definition) is 0. The topological polar surface area (TPSA) is 56.6 Å². The first-order valence-electron chi connectivity index (χ1n) is 9.91. The second kappa shape index (κ2) is 9.03. The summed E-state index contributed by atoms with van der Waals surface area (Å²) < 4.78 is 12.6. The molecular weight excluding hydrogens is 378 g/mol. The molecule has 1 heterocycles. The highest BCUT2D eigenvalue weighted by molar-refractivity contribution is 5.79. The molecule has 0 spiro atoms. The van der Waals surface area contributed by atoms with Gasteiger partial charge in [-0.3, -0.25) is 4.79 Å². The quantitative estimate of drug-likeness (QED) is 0.594. The van der Waals surface area contributed by atoms with Crippen molar-refractivity contribution in [2.75, 3.05) is 21.3 Å². The number of ether oxygens (including phenoxy) is 2. The molecule has 0 N–H and O–H groups in total. The Morgan fingerprint density at radius 1 is 1.07 bits per heavy atom. The van der Waals surface area contributed by atoms with Crippen LogP contribution in [0.25, 0.3) is 5.69 Å². The monoisotopic (exact) mass is 407 g/mol. The fourth-order valence-corrected chi connectivity index (χ4v) is 3.56. The summed E-state index contributed by atoms with van der Waals surface area (Å²) in [5.74, 6) is 1.36. The van der Waals surface area contributed by atoms with E-state index < -0.39 is 0 Å². The van der Waals surface area contributed by atoms with Gasteiger partial charge in [0.25, 0.3) is 0 Å². The molecule has 0 aliphatic rings. The van der Waals surface area contributed by atoms with E-state index in [0.717, 1.165) is 33.8 Å². The molecule has 0 fully saturated rings. The van der Waals surface area contributed by atoms with Gasteiger partial charge in [0.15, 0.2) is 0 Å². The molecule has 0 bridgehead atoms. The van der Waals surface area contributed by atoms with Gasteiger partial charge in [-0.2, -0.15) is 5.10 Å². The number of aromatic nitrogens is 2. The summed E-state index contributed by atoms with van der Waals surface area (Å²) in [5, 5.41) is 4.73. The maximum atomic E-state index is 12.9. The summed E-state index contributed by atoms with van der Waals surface area (Å²) in [4.78, 5) is 14.6. The summed E-state index contributed by atoms with van der Waals surface area (Å²) in [6.07, 6.45) is 0.258. The van der Waals surface area contributed by atoms with Crippen molar-refractivity contribution in [1.82, 2.24) is 14.7 Å². The molecule has 0 atom stereocenters. The van der Waals surface area contributed by atoms with Crippen molar-refractivity contribution in [3.63, 3.8) is 0 Å². The molecule has 3 rings (SSSR count). The summed E-state index contributed by atoms with van der Waals surface area (Å²) in [6.45, 7) is 6.61. The van der Waals surface area contributed by atoms with E-state index in [9.17, 15) is 4.79 Å². The van der Waals surface area contributed by atoms with Gasteiger partial charge in [-0.05, 0) is 38.5 Å². The van der Waals surface area contributed by atoms with E-state index >= 15 is 0 Å². The van der Waals surface area contributed by atoms with Gasteiger partial charge >= 0.3 is 0 Å². The van der Waals surface area contributed by atoms with Crippen molar-refractivity contribution in [2.45, 2.75) is 33.7 Å². The SMILES string of the molecule is COc1ccc(CC(=O)N(C)Cc2c(C)nn(-c3ccccc3C)c2C)c(OC)c1. The van der Waals surface area contributed by atoms with E-state index in [0.29, 0.717) is 18.0 Å². The minimum atomic E-state index is 0.0147. The number of carbonyl (C=O) groups excluding carboxylic acids is 1. The normalized spacial score (nSPS) is 10.7. The molecule has 3 aromatic rings. The number of para-hydroxylation sites is 1. The lowest BCUT2D eigenvalue weighted by Crippen LogP contribution is -2.28. The molecule has 6 nitrogen and oxygen atoms in total. The van der Waals surface area contributed by atoms with Crippen LogP contribution in [-0.2, 0) is 17.8 Å². The van der Waals surface area contributed by atoms with Crippen LogP contribution < -0.4 is 9.47 Å². The Labute approximate surface area is 178 Å². The number of amides is 1. The average molecular weight is 408 g/mol. The molecule has 0 aliphatic carbocycles. The lowest BCUT2D eigenvalue weighted by molar-refractivity contribution is -0.129. The van der Waals surface area contributed by atoms with E-state index in [2.05, 4.69) is 19.1 Å². The number of benzene rings is 2. The molecule has 1 aromatic heterocycles. The molecule has 2 aromatic carbocycles. The van der Waals surface area contributed by atoms with Crippen molar-refractivity contribution in [3.05, 3.63) is 70.5 Å². The summed E-state index contributed by atoms with van der Waals surface area (Å²) in [5.41, 5.74) is 6.09. The molecular formula is C24H29N3O3. The highest BCUT2D eigenvalue weighted by atomic mass is 16.5. The van der Waals surface area contributed by atoms with Gasteiger partial charge in [-0.1, -0.05) is 24.3 Å². The second-order valence-electron chi connectivity index (χ2n) is 7.45. The Morgan fingerprint density at radius 3 is 2.47 bits per heavy atom. The highest BCUT2D eigenvalue weighted by Gasteiger charge is 2.19. The van der Waals surface area contributed by atoms with Crippen LogP contribution in [0.2, 0.25) is 0 Å². The Kier molecular flexibility index (Phi) is 6.45. The molecule has 0 saturated heterocycles. The Morgan fingerprint density at radius 2 is 1.80 bits per heavy atom. The minimum Gasteiger partial charge on any atom is -0.497 e. The third kappa shape index (κ3) is 4.32. The molecule has 0 saturated carbocycles. The van der Waals surface area contributed by atoms with Gasteiger partial charge in [0, 0.05) is 36.5 Å². The molecule has 30 heavy (non-hydrogen) atoms. The van der Waals surface area contributed by atoms with Gasteiger partial charge in [0.1, 0.15) is 11.5 Å². The van der Waals surface area contributed by atoms with Gasteiger partial charge in [0.2, 0.25) is 5.91 Å². The predicted octanol–water partition coefficient (Wildman–Crippen LogP) is 4.02. The first-order valence-corrected chi connectivity index (χ1v) is 9.91. The first kappa shape index (κ1) is 21.4. The molecule has 1 amide bonds. The van der Waals surface area contributed by atoms with Crippen molar-refractivity contribution >= 4 is 5.91 Å². The molecule has 0 radical (unpaired) electrons. The number of methoxy groups -OCH3 is 2. The summed E-state index contributed by atoms with van der Waals surface area (Å²) >= 11 is 0. The number of likely N-dealkylation sites (N-methyl/N-ethyl adjacent to an activating group) is 1. The van der Waals surface area contributed by atoms with Gasteiger partial charge in [-0.15, -0.1) is 0 Å². The van der Waals surface area contributed by atoms with Crippen LogP contribution in [0.3, 0.4) is 0 Å². The van der Waals surface area contributed by atoms with E-state index in [1.807, 2.05) is 49.8 Å². The Bertz CT molecular complexity index is 1060. The number of nitrogens with zero attached hydrogens (tertiary/aromatic N) is 3. The third-order valence-corrected chi connectivity index (χ3v) is 5.44.